The van der Waals surface area contributed by atoms with Crippen molar-refractivity contribution in [1.29, 1.82) is 0 Å². The number of ether oxygens (including phenoxy) is 2. The van der Waals surface area contributed by atoms with Gasteiger partial charge in [-0.15, -0.1) is 0 Å². The molecule has 3 aromatic rings. The van der Waals surface area contributed by atoms with Gasteiger partial charge in [-0.1, -0.05) is 55.3 Å². The first kappa shape index (κ1) is 26.1. The highest BCUT2D eigenvalue weighted by Crippen LogP contribution is 2.34. The van der Waals surface area contributed by atoms with Gasteiger partial charge >= 0.3 is 5.97 Å². The van der Waals surface area contributed by atoms with Gasteiger partial charge < -0.3 is 9.47 Å². The third-order valence-corrected chi connectivity index (χ3v) is 7.87. The molecule has 35 heavy (non-hydrogen) atoms. The van der Waals surface area contributed by atoms with Crippen LogP contribution in [0.5, 0.6) is 5.75 Å². The van der Waals surface area contributed by atoms with Gasteiger partial charge in [-0.25, -0.2) is 9.79 Å². The topological polar surface area (TPSA) is 69.9 Å². The minimum Gasteiger partial charge on any atom is -0.492 e. The average molecular weight is 685 g/mol. The van der Waals surface area contributed by atoms with Crippen molar-refractivity contribution in [3.63, 3.8) is 0 Å². The summed E-state index contributed by atoms with van der Waals surface area (Å²) in [6.07, 6.45) is 1.80. The maximum Gasteiger partial charge on any atom is 0.338 e. The third-order valence-electron chi connectivity index (χ3n) is 5.32. The standard InChI is InChI=1S/C25H21Br3N2O4S/c1-4-33-22-15(10-17(27)12-18(22)28)11-19-23(31)30-21(14-6-8-16(26)9-7-14)20(24(32)34-5-2)13(3)29-25(30)35-19/h6-12,21H,4-5H2,1-3H3/b19-11-/t21-/m1/s1. The van der Waals surface area contributed by atoms with E-state index in [9.17, 15) is 9.59 Å². The van der Waals surface area contributed by atoms with Gasteiger partial charge in [0.25, 0.3) is 5.56 Å². The van der Waals surface area contributed by atoms with Crippen molar-refractivity contribution in [1.82, 2.24) is 4.57 Å². The van der Waals surface area contributed by atoms with Gasteiger partial charge in [0.05, 0.1) is 39.5 Å². The lowest BCUT2D eigenvalue weighted by molar-refractivity contribution is -0.139. The highest BCUT2D eigenvalue weighted by Gasteiger charge is 2.33. The molecule has 0 spiro atoms. The first-order valence-corrected chi connectivity index (χ1v) is 14.0. The second-order valence-electron chi connectivity index (χ2n) is 7.59. The summed E-state index contributed by atoms with van der Waals surface area (Å²) in [6, 6.07) is 10.7. The lowest BCUT2D eigenvalue weighted by Gasteiger charge is -2.24. The number of allylic oxidation sites excluding steroid dienone is 1. The second kappa shape index (κ2) is 10.9. The fourth-order valence-corrected chi connectivity index (χ4v) is 6.55. The Kier molecular flexibility index (Phi) is 8.15. The molecule has 0 saturated heterocycles. The van der Waals surface area contributed by atoms with Crippen molar-refractivity contribution >= 4 is 71.2 Å². The van der Waals surface area contributed by atoms with Crippen LogP contribution >= 0.6 is 59.1 Å². The largest absolute Gasteiger partial charge is 0.492 e. The monoisotopic (exact) mass is 682 g/mol. The fourth-order valence-electron chi connectivity index (χ4n) is 3.88. The molecule has 0 fully saturated rings. The lowest BCUT2D eigenvalue weighted by atomic mass is 9.96. The highest BCUT2D eigenvalue weighted by atomic mass is 79.9. The van der Waals surface area contributed by atoms with Crippen LogP contribution in [0.25, 0.3) is 6.08 Å². The van der Waals surface area contributed by atoms with E-state index in [-0.39, 0.29) is 12.2 Å². The zero-order valence-corrected chi connectivity index (χ0v) is 24.7. The zero-order valence-electron chi connectivity index (χ0n) is 19.1. The van der Waals surface area contributed by atoms with Gasteiger partial charge in [-0.05, 0) is 72.6 Å². The molecule has 0 unspecified atom stereocenters. The van der Waals surface area contributed by atoms with Crippen LogP contribution in [-0.4, -0.2) is 23.8 Å². The van der Waals surface area contributed by atoms with E-state index in [4.69, 9.17) is 9.47 Å². The summed E-state index contributed by atoms with van der Waals surface area (Å²) >= 11 is 11.8. The van der Waals surface area contributed by atoms with Crippen molar-refractivity contribution in [2.75, 3.05) is 13.2 Å². The van der Waals surface area contributed by atoms with E-state index < -0.39 is 12.0 Å². The van der Waals surface area contributed by atoms with Crippen LogP contribution in [0.2, 0.25) is 0 Å². The number of hydrogen-bond acceptors (Lipinski definition) is 6. The SMILES string of the molecule is CCOC(=O)C1=C(C)N=c2s/c(=C\c3cc(Br)cc(Br)c3OCC)c(=O)n2[C@@H]1c1ccc(Br)cc1. The normalized spacial score (nSPS) is 15.6. The molecule has 2 aromatic carbocycles. The van der Waals surface area contributed by atoms with E-state index in [1.54, 1.807) is 24.5 Å². The molecular weight excluding hydrogens is 664 g/mol. The van der Waals surface area contributed by atoms with E-state index in [0.29, 0.717) is 33.0 Å². The summed E-state index contributed by atoms with van der Waals surface area (Å²) < 4.78 is 15.8. The van der Waals surface area contributed by atoms with Crippen LogP contribution in [0, 0.1) is 0 Å². The van der Waals surface area contributed by atoms with Crippen LogP contribution in [-0.2, 0) is 9.53 Å². The molecule has 2 heterocycles. The molecule has 1 atom stereocenters. The van der Waals surface area contributed by atoms with Crippen molar-refractivity contribution in [2.45, 2.75) is 26.8 Å². The number of carbonyl (C=O) groups is 1. The lowest BCUT2D eigenvalue weighted by Crippen LogP contribution is -2.39. The summed E-state index contributed by atoms with van der Waals surface area (Å²) in [7, 11) is 0. The zero-order chi connectivity index (χ0) is 25.3. The number of esters is 1. The molecular formula is C25H21Br3N2O4S. The van der Waals surface area contributed by atoms with E-state index >= 15 is 0 Å². The smallest absolute Gasteiger partial charge is 0.338 e. The van der Waals surface area contributed by atoms with Crippen molar-refractivity contribution < 1.29 is 14.3 Å². The fraction of sp³-hybridized carbons (Fsp3) is 0.240. The molecule has 6 nitrogen and oxygen atoms in total. The van der Waals surface area contributed by atoms with E-state index in [1.165, 1.54) is 11.3 Å². The summed E-state index contributed by atoms with van der Waals surface area (Å²) in [5, 5.41) is 0. The Morgan fingerprint density at radius 3 is 2.49 bits per heavy atom. The molecule has 182 valence electrons. The van der Waals surface area contributed by atoms with Crippen LogP contribution < -0.4 is 19.6 Å². The van der Waals surface area contributed by atoms with Gasteiger partial charge in [0, 0.05) is 14.5 Å². The summed E-state index contributed by atoms with van der Waals surface area (Å²) in [5.41, 5.74) is 2.19. The molecule has 1 aromatic heterocycles. The molecule has 0 bridgehead atoms. The van der Waals surface area contributed by atoms with Crippen LogP contribution in [0.1, 0.15) is 37.9 Å². The maximum atomic E-state index is 13.8. The molecule has 0 saturated carbocycles. The Morgan fingerprint density at radius 2 is 1.83 bits per heavy atom. The van der Waals surface area contributed by atoms with Gasteiger partial charge in [0.1, 0.15) is 5.75 Å². The summed E-state index contributed by atoms with van der Waals surface area (Å²) in [6.45, 7) is 6.14. The maximum absolute atomic E-state index is 13.8. The van der Waals surface area contributed by atoms with Gasteiger partial charge in [0.2, 0.25) is 0 Å². The Morgan fingerprint density at radius 1 is 1.11 bits per heavy atom. The molecule has 10 heteroatoms. The molecule has 1 aliphatic heterocycles. The van der Waals surface area contributed by atoms with Crippen LogP contribution in [0.15, 0.2) is 70.9 Å². The number of aromatic nitrogens is 1. The Labute approximate surface area is 231 Å². The summed E-state index contributed by atoms with van der Waals surface area (Å²) in [4.78, 5) is 31.9. The minimum atomic E-state index is -0.652. The predicted octanol–water partition coefficient (Wildman–Crippen LogP) is 5.48. The number of nitrogens with zero attached hydrogens (tertiary/aromatic N) is 2. The molecule has 0 N–H and O–H groups in total. The van der Waals surface area contributed by atoms with Crippen molar-refractivity contribution in [2.24, 2.45) is 4.99 Å². The number of carbonyl (C=O) groups excluding carboxylic acids is 1. The molecule has 0 amide bonds. The van der Waals surface area contributed by atoms with Crippen molar-refractivity contribution in [3.05, 3.63) is 91.9 Å². The van der Waals surface area contributed by atoms with Gasteiger partial charge in [-0.3, -0.25) is 9.36 Å². The first-order chi connectivity index (χ1) is 16.7. The second-order valence-corrected chi connectivity index (χ2v) is 11.3. The quantitative estimate of drug-likeness (QED) is 0.323. The Bertz CT molecular complexity index is 1510. The summed E-state index contributed by atoms with van der Waals surface area (Å²) in [5.74, 6) is 0.167. The highest BCUT2D eigenvalue weighted by molar-refractivity contribution is 9.11. The molecule has 4 rings (SSSR count). The average Bonchev–Trinajstić information content (AvgIpc) is 3.10. The van der Waals surface area contributed by atoms with Crippen LogP contribution in [0.3, 0.4) is 0 Å². The molecule has 0 aliphatic carbocycles. The number of thiazole rings is 1. The van der Waals surface area contributed by atoms with E-state index in [2.05, 4.69) is 52.8 Å². The number of halogens is 3. The van der Waals surface area contributed by atoms with Gasteiger partial charge in [-0.2, -0.15) is 0 Å². The number of benzene rings is 2. The van der Waals surface area contributed by atoms with Crippen molar-refractivity contribution in [3.8, 4) is 5.75 Å². The van der Waals surface area contributed by atoms with Crippen LogP contribution in [0.4, 0.5) is 0 Å². The Balaban J connectivity index is 1.97. The van der Waals surface area contributed by atoms with E-state index in [1.807, 2.05) is 43.3 Å². The van der Waals surface area contributed by atoms with E-state index in [0.717, 1.165) is 24.5 Å². The number of hydrogen-bond donors (Lipinski definition) is 0. The molecule has 0 radical (unpaired) electrons. The third kappa shape index (κ3) is 5.26. The number of rotatable bonds is 6. The number of fused-ring (bicyclic) bond motifs is 1. The molecule has 1 aliphatic rings. The first-order valence-electron chi connectivity index (χ1n) is 10.8. The Hall–Kier alpha value is -2.01. The minimum absolute atomic E-state index is 0.227. The van der Waals surface area contributed by atoms with Gasteiger partial charge in [0.15, 0.2) is 4.80 Å². The predicted molar refractivity (Wildman–Crippen MR) is 148 cm³/mol.